The summed E-state index contributed by atoms with van der Waals surface area (Å²) in [5, 5.41) is 9.22. The second kappa shape index (κ2) is 2.37. The standard InChI is InChI=1S/C9H11NO2/c1-10-5-7(6-2-3-6)4-8(11)9(10)12/h4-6,11H,2-3H2,1H3. The zero-order chi connectivity index (χ0) is 8.72. The molecule has 0 amide bonds. The average Bonchev–Trinajstić information content (AvgIpc) is 2.81. The molecule has 0 radical (unpaired) electrons. The van der Waals surface area contributed by atoms with Gasteiger partial charge >= 0.3 is 0 Å². The summed E-state index contributed by atoms with van der Waals surface area (Å²) < 4.78 is 1.43. The van der Waals surface area contributed by atoms with Gasteiger partial charge in [0, 0.05) is 13.2 Å². The third-order valence-corrected chi connectivity index (χ3v) is 2.23. The summed E-state index contributed by atoms with van der Waals surface area (Å²) in [5.41, 5.74) is 0.758. The normalized spacial score (nSPS) is 16.4. The van der Waals surface area contributed by atoms with E-state index in [4.69, 9.17) is 0 Å². The first-order chi connectivity index (χ1) is 5.68. The fourth-order valence-electron chi connectivity index (χ4n) is 1.36. The van der Waals surface area contributed by atoms with Gasteiger partial charge in [0.15, 0.2) is 5.75 Å². The molecule has 3 nitrogen and oxygen atoms in total. The molecule has 1 aliphatic rings. The fourth-order valence-corrected chi connectivity index (χ4v) is 1.36. The Labute approximate surface area is 70.3 Å². The highest BCUT2D eigenvalue weighted by Gasteiger charge is 2.24. The van der Waals surface area contributed by atoms with Crippen molar-refractivity contribution in [1.82, 2.24) is 4.57 Å². The van der Waals surface area contributed by atoms with Crippen LogP contribution in [0.15, 0.2) is 17.1 Å². The number of nitrogens with zero attached hydrogens (tertiary/aromatic N) is 1. The minimum Gasteiger partial charge on any atom is -0.503 e. The summed E-state index contributed by atoms with van der Waals surface area (Å²) >= 11 is 0. The quantitative estimate of drug-likeness (QED) is 0.673. The molecule has 1 saturated carbocycles. The number of aromatic hydroxyl groups is 1. The van der Waals surface area contributed by atoms with Gasteiger partial charge in [-0.15, -0.1) is 0 Å². The van der Waals surface area contributed by atoms with E-state index in [1.807, 2.05) is 0 Å². The first-order valence-corrected chi connectivity index (χ1v) is 4.08. The van der Waals surface area contributed by atoms with Crippen molar-refractivity contribution in [2.24, 2.45) is 7.05 Å². The van der Waals surface area contributed by atoms with Crippen molar-refractivity contribution in [3.8, 4) is 5.75 Å². The summed E-state index contributed by atoms with van der Waals surface area (Å²) in [6.07, 6.45) is 4.16. The van der Waals surface area contributed by atoms with E-state index < -0.39 is 0 Å². The summed E-state index contributed by atoms with van der Waals surface area (Å²) in [5.74, 6) is 0.435. The molecule has 1 fully saturated rings. The molecule has 1 aromatic rings. The van der Waals surface area contributed by atoms with Crippen molar-refractivity contribution in [2.45, 2.75) is 18.8 Å². The minimum atomic E-state index is -0.320. The monoisotopic (exact) mass is 165 g/mol. The van der Waals surface area contributed by atoms with Gasteiger partial charge in [-0.05, 0) is 30.4 Å². The molecular formula is C9H11NO2. The Balaban J connectivity index is 2.53. The molecule has 1 aliphatic carbocycles. The summed E-state index contributed by atoms with van der Waals surface area (Å²) in [6, 6.07) is 1.58. The second-order valence-electron chi connectivity index (χ2n) is 3.35. The molecule has 1 aromatic heterocycles. The van der Waals surface area contributed by atoms with Crippen molar-refractivity contribution < 1.29 is 5.11 Å². The number of pyridine rings is 1. The maximum Gasteiger partial charge on any atom is 0.292 e. The van der Waals surface area contributed by atoms with Crippen molar-refractivity contribution in [3.63, 3.8) is 0 Å². The lowest BCUT2D eigenvalue weighted by Crippen LogP contribution is -2.15. The van der Waals surface area contributed by atoms with E-state index in [9.17, 15) is 9.90 Å². The maximum atomic E-state index is 11.1. The number of aromatic nitrogens is 1. The second-order valence-corrected chi connectivity index (χ2v) is 3.35. The minimum absolute atomic E-state index is 0.137. The molecule has 64 valence electrons. The maximum absolute atomic E-state index is 11.1. The van der Waals surface area contributed by atoms with Crippen LogP contribution in [0.2, 0.25) is 0 Å². The lowest BCUT2D eigenvalue weighted by atomic mass is 10.2. The zero-order valence-corrected chi connectivity index (χ0v) is 6.95. The van der Waals surface area contributed by atoms with E-state index in [1.165, 1.54) is 17.4 Å². The smallest absolute Gasteiger partial charge is 0.292 e. The number of aryl methyl sites for hydroxylation is 1. The fraction of sp³-hybridized carbons (Fsp3) is 0.444. The lowest BCUT2D eigenvalue weighted by molar-refractivity contribution is 0.460. The number of hydrogen-bond donors (Lipinski definition) is 1. The number of hydrogen-bond acceptors (Lipinski definition) is 2. The van der Waals surface area contributed by atoms with Gasteiger partial charge in [0.25, 0.3) is 5.56 Å². The Morgan fingerprint density at radius 2 is 2.25 bits per heavy atom. The predicted octanol–water partition coefficient (Wildman–Crippen LogP) is 0.968. The van der Waals surface area contributed by atoms with Crippen LogP contribution in [0.25, 0.3) is 0 Å². The summed E-state index contributed by atoms with van der Waals surface area (Å²) in [7, 11) is 1.66. The lowest BCUT2D eigenvalue weighted by Gasteiger charge is -2.02. The Morgan fingerprint density at radius 1 is 1.58 bits per heavy atom. The zero-order valence-electron chi connectivity index (χ0n) is 6.95. The summed E-state index contributed by atoms with van der Waals surface area (Å²) in [6.45, 7) is 0. The molecular weight excluding hydrogens is 154 g/mol. The van der Waals surface area contributed by atoms with Crippen LogP contribution >= 0.6 is 0 Å². The Morgan fingerprint density at radius 3 is 2.75 bits per heavy atom. The van der Waals surface area contributed by atoms with Gasteiger partial charge < -0.3 is 9.67 Å². The van der Waals surface area contributed by atoms with Gasteiger partial charge in [-0.1, -0.05) is 0 Å². The van der Waals surface area contributed by atoms with E-state index in [0.717, 1.165) is 5.56 Å². The van der Waals surface area contributed by atoms with Crippen molar-refractivity contribution in [1.29, 1.82) is 0 Å². The van der Waals surface area contributed by atoms with E-state index in [-0.39, 0.29) is 11.3 Å². The van der Waals surface area contributed by atoms with E-state index in [2.05, 4.69) is 0 Å². The highest BCUT2D eigenvalue weighted by Crippen LogP contribution is 2.40. The molecule has 12 heavy (non-hydrogen) atoms. The highest BCUT2D eigenvalue weighted by atomic mass is 16.3. The topological polar surface area (TPSA) is 42.2 Å². The Hall–Kier alpha value is -1.25. The van der Waals surface area contributed by atoms with E-state index in [1.54, 1.807) is 19.3 Å². The van der Waals surface area contributed by atoms with Crippen LogP contribution in [0.5, 0.6) is 5.75 Å². The molecule has 1 heterocycles. The molecule has 1 N–H and O–H groups in total. The molecule has 0 bridgehead atoms. The van der Waals surface area contributed by atoms with Gasteiger partial charge in [0.05, 0.1) is 0 Å². The third kappa shape index (κ3) is 1.11. The van der Waals surface area contributed by atoms with Crippen molar-refractivity contribution in [2.75, 3.05) is 0 Å². The van der Waals surface area contributed by atoms with Gasteiger partial charge in [-0.25, -0.2) is 0 Å². The van der Waals surface area contributed by atoms with E-state index >= 15 is 0 Å². The molecule has 0 spiro atoms. The molecule has 3 heteroatoms. The van der Waals surface area contributed by atoms with Crippen LogP contribution in [-0.2, 0) is 7.05 Å². The highest BCUT2D eigenvalue weighted by molar-refractivity contribution is 5.28. The number of rotatable bonds is 1. The largest absolute Gasteiger partial charge is 0.503 e. The Kier molecular flexibility index (Phi) is 1.46. The third-order valence-electron chi connectivity index (χ3n) is 2.23. The first-order valence-electron chi connectivity index (χ1n) is 4.08. The van der Waals surface area contributed by atoms with Gasteiger partial charge in [0.2, 0.25) is 0 Å². The van der Waals surface area contributed by atoms with Gasteiger partial charge in [0.1, 0.15) is 0 Å². The van der Waals surface area contributed by atoms with Crippen LogP contribution in [0, 0.1) is 0 Å². The van der Waals surface area contributed by atoms with Crippen LogP contribution < -0.4 is 5.56 Å². The molecule has 0 unspecified atom stereocenters. The molecule has 0 atom stereocenters. The molecule has 2 rings (SSSR count). The summed E-state index contributed by atoms with van der Waals surface area (Å²) in [4.78, 5) is 11.1. The van der Waals surface area contributed by atoms with E-state index in [0.29, 0.717) is 5.92 Å². The molecule has 0 aliphatic heterocycles. The molecule has 0 saturated heterocycles. The molecule has 0 aromatic carbocycles. The van der Waals surface area contributed by atoms with Crippen LogP contribution in [0.1, 0.15) is 24.3 Å². The van der Waals surface area contributed by atoms with Crippen LogP contribution in [0.4, 0.5) is 0 Å². The SMILES string of the molecule is Cn1cc(C2CC2)cc(O)c1=O. The van der Waals surface area contributed by atoms with Crippen molar-refractivity contribution >= 4 is 0 Å². The first kappa shape index (κ1) is 7.40. The van der Waals surface area contributed by atoms with Gasteiger partial charge in [-0.2, -0.15) is 0 Å². The Bertz CT molecular complexity index is 337. The van der Waals surface area contributed by atoms with Crippen molar-refractivity contribution in [3.05, 3.63) is 28.2 Å². The van der Waals surface area contributed by atoms with Gasteiger partial charge in [-0.3, -0.25) is 4.79 Å². The average molecular weight is 165 g/mol. The van der Waals surface area contributed by atoms with Crippen LogP contribution in [0.3, 0.4) is 0 Å². The predicted molar refractivity (Wildman–Crippen MR) is 45.3 cm³/mol. The van der Waals surface area contributed by atoms with Crippen LogP contribution in [-0.4, -0.2) is 9.67 Å².